The van der Waals surface area contributed by atoms with Crippen molar-refractivity contribution < 1.29 is 13.2 Å². The minimum absolute atomic E-state index is 0.0132. The van der Waals surface area contributed by atoms with Crippen molar-refractivity contribution in [1.82, 2.24) is 4.90 Å². The summed E-state index contributed by atoms with van der Waals surface area (Å²) in [6.07, 6.45) is -3.62. The van der Waals surface area contributed by atoms with Crippen LogP contribution in [0.3, 0.4) is 0 Å². The molecule has 2 N–H and O–H groups in total. The summed E-state index contributed by atoms with van der Waals surface area (Å²) in [6.45, 7) is 2.21. The van der Waals surface area contributed by atoms with Crippen LogP contribution in [0.4, 0.5) is 13.2 Å². The molecule has 106 valence electrons. The summed E-state index contributed by atoms with van der Waals surface area (Å²) in [7, 11) is 0. The highest BCUT2D eigenvalue weighted by Gasteiger charge is 2.47. The van der Waals surface area contributed by atoms with E-state index >= 15 is 0 Å². The first-order valence-electron chi connectivity index (χ1n) is 6.52. The van der Waals surface area contributed by atoms with Gasteiger partial charge in [0.1, 0.15) is 6.04 Å². The first kappa shape index (κ1) is 14.3. The van der Waals surface area contributed by atoms with E-state index in [1.807, 2.05) is 37.3 Å². The average Bonchev–Trinajstić information content (AvgIpc) is 2.38. The number of alkyl halides is 3. The molecule has 5 heteroatoms. The van der Waals surface area contributed by atoms with Gasteiger partial charge in [-0.2, -0.15) is 13.2 Å². The van der Waals surface area contributed by atoms with Gasteiger partial charge in [0, 0.05) is 18.6 Å². The summed E-state index contributed by atoms with van der Waals surface area (Å²) in [5.41, 5.74) is 6.61. The second-order valence-corrected chi connectivity index (χ2v) is 5.17. The molecule has 0 aliphatic carbocycles. The van der Waals surface area contributed by atoms with Crippen LogP contribution in [0.2, 0.25) is 0 Å². The number of likely N-dealkylation sites (tertiary alicyclic amines) is 1. The number of nitrogens with zero attached hydrogens (tertiary/aromatic N) is 1. The Bertz CT molecular complexity index is 405. The van der Waals surface area contributed by atoms with Gasteiger partial charge >= 0.3 is 6.18 Å². The molecule has 1 heterocycles. The molecule has 1 saturated heterocycles. The van der Waals surface area contributed by atoms with Crippen molar-refractivity contribution in [2.75, 3.05) is 6.54 Å². The Morgan fingerprint density at radius 2 is 1.89 bits per heavy atom. The van der Waals surface area contributed by atoms with Crippen molar-refractivity contribution >= 4 is 0 Å². The maximum atomic E-state index is 13.1. The standard InChI is InChI=1S/C14H19F3N2/c1-10(11-5-3-2-4-6-11)19-8-7-12(18)9-13(19)14(15,16)17/h2-6,10,12-13H,7-9,18H2,1H3/t10-,12+,13+/m1/s1. The quantitative estimate of drug-likeness (QED) is 0.896. The molecule has 19 heavy (non-hydrogen) atoms. The van der Waals surface area contributed by atoms with E-state index in [1.165, 1.54) is 4.90 Å². The van der Waals surface area contributed by atoms with E-state index in [-0.39, 0.29) is 18.5 Å². The van der Waals surface area contributed by atoms with Gasteiger partial charge in [0.25, 0.3) is 0 Å². The van der Waals surface area contributed by atoms with Gasteiger partial charge in [-0.3, -0.25) is 4.90 Å². The summed E-state index contributed by atoms with van der Waals surface area (Å²) in [4.78, 5) is 1.53. The van der Waals surface area contributed by atoms with Gasteiger partial charge in [0.05, 0.1) is 0 Å². The number of piperidine rings is 1. The second kappa shape index (κ2) is 5.51. The van der Waals surface area contributed by atoms with Crippen LogP contribution in [0.1, 0.15) is 31.4 Å². The summed E-state index contributed by atoms with van der Waals surface area (Å²) >= 11 is 0. The Hall–Kier alpha value is -1.07. The highest BCUT2D eigenvalue weighted by Crippen LogP contribution is 2.36. The minimum atomic E-state index is -4.22. The minimum Gasteiger partial charge on any atom is -0.328 e. The van der Waals surface area contributed by atoms with Crippen molar-refractivity contribution in [2.24, 2.45) is 5.73 Å². The molecule has 0 radical (unpaired) electrons. The van der Waals surface area contributed by atoms with Crippen LogP contribution in [0.25, 0.3) is 0 Å². The monoisotopic (exact) mass is 272 g/mol. The molecule has 2 rings (SSSR count). The van der Waals surface area contributed by atoms with Crippen molar-refractivity contribution in [3.05, 3.63) is 35.9 Å². The highest BCUT2D eigenvalue weighted by atomic mass is 19.4. The van der Waals surface area contributed by atoms with E-state index in [1.54, 1.807) is 0 Å². The van der Waals surface area contributed by atoms with Gasteiger partial charge < -0.3 is 5.73 Å². The SMILES string of the molecule is C[C@H](c1ccccc1)N1CC[C@H](N)C[C@H]1C(F)(F)F. The lowest BCUT2D eigenvalue weighted by molar-refractivity contribution is -0.198. The van der Waals surface area contributed by atoms with Crippen molar-refractivity contribution in [2.45, 2.75) is 44.1 Å². The molecular weight excluding hydrogens is 253 g/mol. The summed E-state index contributed by atoms with van der Waals surface area (Å²) in [6, 6.07) is 7.26. The predicted octanol–water partition coefficient (Wildman–Crippen LogP) is 3.10. The molecule has 1 aliphatic heterocycles. The third kappa shape index (κ3) is 3.28. The van der Waals surface area contributed by atoms with Gasteiger partial charge in [-0.05, 0) is 25.3 Å². The van der Waals surface area contributed by atoms with E-state index in [0.29, 0.717) is 13.0 Å². The van der Waals surface area contributed by atoms with Crippen LogP contribution in [-0.2, 0) is 0 Å². The summed E-state index contributed by atoms with van der Waals surface area (Å²) in [5.74, 6) is 0. The fourth-order valence-electron chi connectivity index (χ4n) is 2.72. The van der Waals surface area contributed by atoms with Crippen LogP contribution in [-0.4, -0.2) is 29.7 Å². The fourth-order valence-corrected chi connectivity index (χ4v) is 2.72. The first-order valence-corrected chi connectivity index (χ1v) is 6.52. The predicted molar refractivity (Wildman–Crippen MR) is 68.6 cm³/mol. The maximum Gasteiger partial charge on any atom is 0.404 e. The van der Waals surface area contributed by atoms with Gasteiger partial charge in [-0.25, -0.2) is 0 Å². The molecule has 1 aliphatic rings. The Kier molecular flexibility index (Phi) is 4.16. The van der Waals surface area contributed by atoms with E-state index in [9.17, 15) is 13.2 Å². The molecule has 0 bridgehead atoms. The molecule has 1 aromatic carbocycles. The van der Waals surface area contributed by atoms with Crippen molar-refractivity contribution in [3.63, 3.8) is 0 Å². The summed E-state index contributed by atoms with van der Waals surface area (Å²) < 4.78 is 39.4. The van der Waals surface area contributed by atoms with Gasteiger partial charge in [0.2, 0.25) is 0 Å². The molecule has 0 aromatic heterocycles. The normalized spacial score (nSPS) is 27.2. The lowest BCUT2D eigenvalue weighted by Crippen LogP contribution is -2.54. The molecule has 1 fully saturated rings. The van der Waals surface area contributed by atoms with Crippen LogP contribution in [0.5, 0.6) is 0 Å². The topological polar surface area (TPSA) is 29.3 Å². The lowest BCUT2D eigenvalue weighted by Gasteiger charge is -2.42. The Balaban J connectivity index is 2.21. The van der Waals surface area contributed by atoms with E-state index in [0.717, 1.165) is 5.56 Å². The average molecular weight is 272 g/mol. The smallest absolute Gasteiger partial charge is 0.328 e. The third-order valence-corrected chi connectivity index (χ3v) is 3.84. The zero-order valence-corrected chi connectivity index (χ0v) is 10.9. The van der Waals surface area contributed by atoms with Crippen LogP contribution >= 0.6 is 0 Å². The molecule has 0 amide bonds. The van der Waals surface area contributed by atoms with Gasteiger partial charge in [-0.15, -0.1) is 0 Å². The van der Waals surface area contributed by atoms with Crippen LogP contribution in [0.15, 0.2) is 30.3 Å². The van der Waals surface area contributed by atoms with Crippen LogP contribution in [0, 0.1) is 0 Å². The van der Waals surface area contributed by atoms with Gasteiger partial charge in [0.15, 0.2) is 0 Å². The molecule has 0 unspecified atom stereocenters. The Labute approximate surface area is 111 Å². The first-order chi connectivity index (χ1) is 8.89. The zero-order chi connectivity index (χ0) is 14.0. The Morgan fingerprint density at radius 1 is 1.26 bits per heavy atom. The van der Waals surface area contributed by atoms with E-state index < -0.39 is 12.2 Å². The maximum absolute atomic E-state index is 13.1. The number of benzene rings is 1. The van der Waals surface area contributed by atoms with Crippen molar-refractivity contribution in [1.29, 1.82) is 0 Å². The van der Waals surface area contributed by atoms with E-state index in [2.05, 4.69) is 0 Å². The number of hydrogen-bond donors (Lipinski definition) is 1. The zero-order valence-electron chi connectivity index (χ0n) is 10.9. The number of hydrogen-bond acceptors (Lipinski definition) is 2. The Morgan fingerprint density at radius 3 is 2.47 bits per heavy atom. The number of halogens is 3. The molecule has 1 aromatic rings. The van der Waals surface area contributed by atoms with E-state index in [4.69, 9.17) is 5.73 Å². The van der Waals surface area contributed by atoms with Crippen molar-refractivity contribution in [3.8, 4) is 0 Å². The van der Waals surface area contributed by atoms with Crippen LogP contribution < -0.4 is 5.73 Å². The fraction of sp³-hybridized carbons (Fsp3) is 0.571. The molecular formula is C14H19F3N2. The lowest BCUT2D eigenvalue weighted by atomic mass is 9.94. The second-order valence-electron chi connectivity index (χ2n) is 5.17. The summed E-state index contributed by atoms with van der Waals surface area (Å²) in [5, 5.41) is 0. The molecule has 3 atom stereocenters. The molecule has 0 spiro atoms. The largest absolute Gasteiger partial charge is 0.404 e. The molecule has 0 saturated carbocycles. The highest BCUT2D eigenvalue weighted by molar-refractivity contribution is 5.19. The number of nitrogens with two attached hydrogens (primary N) is 1. The third-order valence-electron chi connectivity index (χ3n) is 3.84. The number of rotatable bonds is 2. The molecule has 2 nitrogen and oxygen atoms in total. The van der Waals surface area contributed by atoms with Gasteiger partial charge in [-0.1, -0.05) is 30.3 Å².